The number of carbonyl (C=O) groups excluding carboxylic acids is 1. The minimum Gasteiger partial charge on any atom is -0.434 e. The molecule has 1 radical (unpaired) electrons. The fraction of sp³-hybridized carbons (Fsp3) is 0.750. The highest BCUT2D eigenvalue weighted by molar-refractivity contribution is 5.59. The molecule has 65 valence electrons. The van der Waals surface area contributed by atoms with Crippen LogP contribution in [0.15, 0.2) is 0 Å². The van der Waals surface area contributed by atoms with E-state index in [9.17, 15) is 4.79 Å². The Labute approximate surface area is 67.7 Å². The molecular formula is C8H15O3. The highest BCUT2D eigenvalue weighted by Gasteiger charge is 2.04. The molecule has 0 aromatic heterocycles. The largest absolute Gasteiger partial charge is 0.508 e. The molecule has 0 aliphatic carbocycles. The van der Waals surface area contributed by atoms with Crippen molar-refractivity contribution in [3.8, 4) is 0 Å². The number of carbonyl (C=O) groups is 1. The molecule has 0 spiro atoms. The van der Waals surface area contributed by atoms with E-state index in [4.69, 9.17) is 9.47 Å². The lowest BCUT2D eigenvalue weighted by atomic mass is 10.4. The zero-order valence-corrected chi connectivity index (χ0v) is 7.13. The van der Waals surface area contributed by atoms with Crippen LogP contribution in [0.25, 0.3) is 0 Å². The summed E-state index contributed by atoms with van der Waals surface area (Å²) in [6.45, 7) is 7.57. The molecule has 0 amide bonds. The molecule has 3 nitrogen and oxygen atoms in total. The van der Waals surface area contributed by atoms with Crippen molar-refractivity contribution in [1.29, 1.82) is 0 Å². The van der Waals surface area contributed by atoms with Gasteiger partial charge in [-0.3, -0.25) is 0 Å². The first-order valence-electron chi connectivity index (χ1n) is 3.79. The van der Waals surface area contributed by atoms with Crippen LogP contribution in [0.2, 0.25) is 0 Å². The first-order valence-corrected chi connectivity index (χ1v) is 3.79. The summed E-state index contributed by atoms with van der Waals surface area (Å²) in [7, 11) is 0. The van der Waals surface area contributed by atoms with Crippen LogP contribution in [-0.2, 0) is 9.47 Å². The van der Waals surface area contributed by atoms with Crippen molar-refractivity contribution >= 4 is 6.16 Å². The maximum Gasteiger partial charge on any atom is 0.508 e. The lowest BCUT2D eigenvalue weighted by Crippen LogP contribution is -2.13. The van der Waals surface area contributed by atoms with E-state index in [2.05, 4.69) is 6.92 Å². The third-order valence-corrected chi connectivity index (χ3v) is 0.946. The Kier molecular flexibility index (Phi) is 5.61. The van der Waals surface area contributed by atoms with Crippen LogP contribution < -0.4 is 0 Å². The van der Waals surface area contributed by atoms with Gasteiger partial charge < -0.3 is 9.47 Å². The molecule has 0 aliphatic rings. The van der Waals surface area contributed by atoms with E-state index < -0.39 is 6.16 Å². The van der Waals surface area contributed by atoms with Gasteiger partial charge in [-0.1, -0.05) is 13.3 Å². The summed E-state index contributed by atoms with van der Waals surface area (Å²) in [6.07, 6.45) is 0.859. The van der Waals surface area contributed by atoms with E-state index >= 15 is 0 Å². The van der Waals surface area contributed by atoms with Crippen molar-refractivity contribution in [3.63, 3.8) is 0 Å². The molecular weight excluding hydrogens is 144 g/mol. The number of hydrogen-bond acceptors (Lipinski definition) is 3. The van der Waals surface area contributed by atoms with Crippen LogP contribution in [-0.4, -0.2) is 18.9 Å². The van der Waals surface area contributed by atoms with Gasteiger partial charge in [0.1, 0.15) is 0 Å². The quantitative estimate of drug-likeness (QED) is 0.465. The SMILES string of the molecule is [CH2]CCCOC(=O)OC(C)C. The summed E-state index contributed by atoms with van der Waals surface area (Å²) >= 11 is 0. The van der Waals surface area contributed by atoms with Crippen molar-refractivity contribution in [1.82, 2.24) is 0 Å². The van der Waals surface area contributed by atoms with Crippen LogP contribution in [0.1, 0.15) is 26.7 Å². The second kappa shape index (κ2) is 6.01. The Hall–Kier alpha value is -0.730. The maximum absolute atomic E-state index is 10.7. The number of hydrogen-bond donors (Lipinski definition) is 0. The number of unbranched alkanes of at least 4 members (excludes halogenated alkanes) is 1. The molecule has 0 saturated carbocycles. The minimum absolute atomic E-state index is 0.109. The average molecular weight is 159 g/mol. The topological polar surface area (TPSA) is 35.5 Å². The Morgan fingerprint density at radius 3 is 2.64 bits per heavy atom. The van der Waals surface area contributed by atoms with Gasteiger partial charge >= 0.3 is 6.16 Å². The monoisotopic (exact) mass is 159 g/mol. The standard InChI is InChI=1S/C8H15O3/c1-4-5-6-10-8(9)11-7(2)3/h7H,1,4-6H2,2-3H3. The molecule has 0 saturated heterocycles. The van der Waals surface area contributed by atoms with E-state index in [-0.39, 0.29) is 6.10 Å². The summed E-state index contributed by atoms with van der Waals surface area (Å²) in [5.74, 6) is 0. The van der Waals surface area contributed by atoms with Gasteiger partial charge in [-0.05, 0) is 20.3 Å². The van der Waals surface area contributed by atoms with Crippen molar-refractivity contribution in [2.24, 2.45) is 0 Å². The van der Waals surface area contributed by atoms with Gasteiger partial charge in [0.2, 0.25) is 0 Å². The van der Waals surface area contributed by atoms with E-state index in [1.165, 1.54) is 0 Å². The van der Waals surface area contributed by atoms with Crippen molar-refractivity contribution in [3.05, 3.63) is 6.92 Å². The third kappa shape index (κ3) is 7.16. The van der Waals surface area contributed by atoms with Gasteiger partial charge in [-0.15, -0.1) is 0 Å². The van der Waals surface area contributed by atoms with Gasteiger partial charge in [-0.2, -0.15) is 0 Å². The molecule has 11 heavy (non-hydrogen) atoms. The van der Waals surface area contributed by atoms with Gasteiger partial charge in [0.15, 0.2) is 0 Å². The predicted octanol–water partition coefficient (Wildman–Crippen LogP) is 2.16. The van der Waals surface area contributed by atoms with Gasteiger partial charge in [0.25, 0.3) is 0 Å². The predicted molar refractivity (Wildman–Crippen MR) is 42.2 cm³/mol. The molecule has 0 aromatic carbocycles. The second-order valence-corrected chi connectivity index (χ2v) is 2.47. The summed E-state index contributed by atoms with van der Waals surface area (Å²) < 4.78 is 9.41. The lowest BCUT2D eigenvalue weighted by molar-refractivity contribution is 0.0341. The summed E-state index contributed by atoms with van der Waals surface area (Å²) in [5.41, 5.74) is 0. The Morgan fingerprint density at radius 2 is 2.18 bits per heavy atom. The molecule has 0 atom stereocenters. The van der Waals surface area contributed by atoms with Gasteiger partial charge in [0.05, 0.1) is 12.7 Å². The van der Waals surface area contributed by atoms with E-state index in [1.54, 1.807) is 13.8 Å². The highest BCUT2D eigenvalue weighted by atomic mass is 16.7. The van der Waals surface area contributed by atoms with E-state index in [1.807, 2.05) is 0 Å². The Bertz CT molecular complexity index is 110. The lowest BCUT2D eigenvalue weighted by Gasteiger charge is -2.07. The maximum atomic E-state index is 10.7. The molecule has 3 heteroatoms. The van der Waals surface area contributed by atoms with Crippen molar-refractivity contribution in [2.75, 3.05) is 6.61 Å². The zero-order chi connectivity index (χ0) is 8.69. The van der Waals surface area contributed by atoms with Crippen LogP contribution in [0.5, 0.6) is 0 Å². The molecule has 0 rings (SSSR count). The summed E-state index contributed by atoms with van der Waals surface area (Å²) in [5, 5.41) is 0. The molecule has 0 aromatic rings. The molecule has 0 fully saturated rings. The fourth-order valence-corrected chi connectivity index (χ4v) is 0.484. The molecule has 0 N–H and O–H groups in total. The molecule has 0 aliphatic heterocycles. The number of ether oxygens (including phenoxy) is 2. The van der Waals surface area contributed by atoms with Crippen LogP contribution >= 0.6 is 0 Å². The van der Waals surface area contributed by atoms with Crippen LogP contribution in [0.3, 0.4) is 0 Å². The Morgan fingerprint density at radius 1 is 1.55 bits per heavy atom. The van der Waals surface area contributed by atoms with Crippen LogP contribution in [0.4, 0.5) is 4.79 Å². The Balaban J connectivity index is 3.23. The van der Waals surface area contributed by atoms with Gasteiger partial charge in [-0.25, -0.2) is 4.79 Å². The molecule has 0 heterocycles. The summed E-state index contributed by atoms with van der Waals surface area (Å²) in [4.78, 5) is 10.7. The minimum atomic E-state index is -0.589. The highest BCUT2D eigenvalue weighted by Crippen LogP contribution is 1.94. The average Bonchev–Trinajstić information content (AvgIpc) is 1.86. The van der Waals surface area contributed by atoms with E-state index in [0.717, 1.165) is 12.8 Å². The first-order chi connectivity index (χ1) is 5.16. The fourth-order valence-electron chi connectivity index (χ4n) is 0.484. The summed E-state index contributed by atoms with van der Waals surface area (Å²) in [6, 6.07) is 0. The van der Waals surface area contributed by atoms with Crippen LogP contribution in [0, 0.1) is 6.92 Å². The smallest absolute Gasteiger partial charge is 0.434 e. The van der Waals surface area contributed by atoms with Gasteiger partial charge in [0, 0.05) is 0 Å². The number of rotatable bonds is 4. The zero-order valence-electron chi connectivity index (χ0n) is 7.13. The van der Waals surface area contributed by atoms with E-state index in [0.29, 0.717) is 6.61 Å². The van der Waals surface area contributed by atoms with Crippen molar-refractivity contribution in [2.45, 2.75) is 32.8 Å². The molecule has 0 bridgehead atoms. The third-order valence-electron chi connectivity index (χ3n) is 0.946. The molecule has 0 unspecified atom stereocenters. The normalized spacial score (nSPS) is 9.82. The van der Waals surface area contributed by atoms with Crippen molar-refractivity contribution < 1.29 is 14.3 Å². The first kappa shape index (κ1) is 10.3. The second-order valence-electron chi connectivity index (χ2n) is 2.47.